The van der Waals surface area contributed by atoms with Crippen LogP contribution in [-0.2, 0) is 10.0 Å². The van der Waals surface area contributed by atoms with Gasteiger partial charge in [-0.2, -0.15) is 13.2 Å². The highest BCUT2D eigenvalue weighted by Gasteiger charge is 2.18. The van der Waals surface area contributed by atoms with Crippen LogP contribution in [0.15, 0.2) is 87.2 Å². The maximum atomic E-state index is 13.6. The van der Waals surface area contributed by atoms with E-state index in [1.165, 1.54) is 26.2 Å². The lowest BCUT2D eigenvalue weighted by Crippen LogP contribution is -2.27. The smallest absolute Gasteiger partial charge is 0.276 e. The zero-order valence-corrected chi connectivity index (χ0v) is 19.0. The zero-order chi connectivity index (χ0) is 24.3. The van der Waals surface area contributed by atoms with E-state index in [2.05, 4.69) is 15.2 Å². The van der Waals surface area contributed by atoms with Gasteiger partial charge < -0.3 is 14.5 Å². The van der Waals surface area contributed by atoms with Crippen LogP contribution >= 0.6 is 0 Å². The molecule has 0 unspecified atom stereocenters. The minimum atomic E-state index is -4.17. The maximum Gasteiger partial charge on any atom is 0.276 e. The molecule has 3 aromatic carbocycles. The number of hydrogen-bond donors (Lipinski definition) is 2. The topological polar surface area (TPSA) is 110 Å². The van der Waals surface area contributed by atoms with Gasteiger partial charge in [0.1, 0.15) is 11.4 Å². The molecule has 0 radical (unpaired) electrons. The van der Waals surface area contributed by atoms with Crippen LogP contribution in [0.3, 0.4) is 0 Å². The molecule has 1 amide bonds. The van der Waals surface area contributed by atoms with Crippen LogP contribution in [0.2, 0.25) is 0 Å². The molecule has 4 aromatic rings. The molecule has 0 saturated carbocycles. The van der Waals surface area contributed by atoms with Crippen molar-refractivity contribution in [2.75, 3.05) is 12.4 Å². The lowest BCUT2D eigenvalue weighted by Gasteiger charge is -2.09. The Kier molecular flexibility index (Phi) is 6.33. The molecular weight excluding hydrogens is 461 g/mol. The molecule has 174 valence electrons. The highest BCUT2D eigenvalue weighted by Crippen LogP contribution is 2.25. The Morgan fingerprint density at radius 3 is 2.50 bits per heavy atom. The molecule has 0 saturated heterocycles. The average Bonchev–Trinajstić information content (AvgIpc) is 2.84. The number of rotatable bonds is 6. The van der Waals surface area contributed by atoms with Crippen molar-refractivity contribution in [2.45, 2.75) is 11.8 Å². The molecule has 0 aliphatic heterocycles. The molecule has 0 spiro atoms. The number of nitrogens with zero attached hydrogens (tertiary/aromatic N) is 1. The number of anilines is 1. The van der Waals surface area contributed by atoms with Crippen LogP contribution in [0.5, 0.6) is 5.75 Å². The summed E-state index contributed by atoms with van der Waals surface area (Å²) in [5, 5.41) is 7.15. The van der Waals surface area contributed by atoms with E-state index in [4.69, 9.17) is 9.15 Å². The van der Waals surface area contributed by atoms with Crippen LogP contribution in [0, 0.1) is 12.7 Å². The number of fused-ring (bicyclic) bond motifs is 1. The van der Waals surface area contributed by atoms with Crippen LogP contribution < -0.4 is 20.4 Å². The number of amides is 1. The van der Waals surface area contributed by atoms with E-state index >= 15 is 0 Å². The van der Waals surface area contributed by atoms with E-state index in [1.807, 2.05) is 0 Å². The minimum Gasteiger partial charge on any atom is -0.493 e. The highest BCUT2D eigenvalue weighted by atomic mass is 32.2. The van der Waals surface area contributed by atoms with E-state index < -0.39 is 21.7 Å². The first-order valence-electron chi connectivity index (χ1n) is 10.1. The fourth-order valence-electron chi connectivity index (χ4n) is 3.19. The first-order valence-corrected chi connectivity index (χ1v) is 11.6. The number of carbonyl (C=O) groups is 1. The standard InChI is InChI=1S/C24H20FN3O5S/c1-15-13-18(11-12-20(15)25)34(30,31)28-27-24-19(23(29)26-17-8-4-3-5-9-17)14-16-7-6-10-21(32-2)22(16)33-24/h3-14,28H,1-2H3,(H,26,29)/b27-24+. The summed E-state index contributed by atoms with van der Waals surface area (Å²) in [5.41, 5.74) is 0.671. The molecule has 2 N–H and O–H groups in total. The van der Waals surface area contributed by atoms with E-state index in [-0.39, 0.29) is 27.2 Å². The molecule has 1 aromatic heterocycles. The van der Waals surface area contributed by atoms with Gasteiger partial charge in [-0.3, -0.25) is 4.79 Å². The third-order valence-electron chi connectivity index (χ3n) is 4.94. The third-order valence-corrected chi connectivity index (χ3v) is 6.15. The number of nitrogens with one attached hydrogen (secondary N) is 2. The van der Waals surface area contributed by atoms with Gasteiger partial charge in [0.2, 0.25) is 5.55 Å². The molecule has 8 nitrogen and oxygen atoms in total. The number of ether oxygens (including phenoxy) is 1. The van der Waals surface area contributed by atoms with Crippen molar-refractivity contribution in [1.82, 2.24) is 4.83 Å². The van der Waals surface area contributed by atoms with E-state index in [1.54, 1.807) is 48.5 Å². The van der Waals surface area contributed by atoms with E-state index in [0.717, 1.165) is 12.1 Å². The number of aryl methyl sites for hydroxylation is 1. The third kappa shape index (κ3) is 4.76. The van der Waals surface area contributed by atoms with Gasteiger partial charge in [0.15, 0.2) is 11.3 Å². The summed E-state index contributed by atoms with van der Waals surface area (Å²) in [5.74, 6) is -0.719. The Labute approximate surface area is 194 Å². The minimum absolute atomic E-state index is 0.0115. The Hall–Kier alpha value is -4.18. The van der Waals surface area contributed by atoms with Gasteiger partial charge in [0.25, 0.3) is 15.9 Å². The molecule has 0 aliphatic rings. The monoisotopic (exact) mass is 481 g/mol. The summed E-state index contributed by atoms with van der Waals surface area (Å²) in [7, 11) is -2.72. The second kappa shape index (κ2) is 9.36. The Balaban J connectivity index is 1.81. The normalized spacial score (nSPS) is 11.9. The largest absolute Gasteiger partial charge is 0.493 e. The number of sulfonamides is 1. The van der Waals surface area contributed by atoms with Gasteiger partial charge in [0.05, 0.1) is 12.0 Å². The molecular formula is C24H20FN3O5S. The van der Waals surface area contributed by atoms with Gasteiger partial charge in [-0.05, 0) is 55.0 Å². The van der Waals surface area contributed by atoms with Crippen molar-refractivity contribution in [2.24, 2.45) is 5.10 Å². The van der Waals surface area contributed by atoms with Gasteiger partial charge in [-0.25, -0.2) is 4.39 Å². The maximum absolute atomic E-state index is 13.6. The molecule has 34 heavy (non-hydrogen) atoms. The number of methoxy groups -OCH3 is 1. The number of carbonyl (C=O) groups excluding carboxylic acids is 1. The van der Waals surface area contributed by atoms with Gasteiger partial charge in [-0.15, -0.1) is 5.10 Å². The van der Waals surface area contributed by atoms with E-state index in [0.29, 0.717) is 16.8 Å². The summed E-state index contributed by atoms with van der Waals surface area (Å²) in [4.78, 5) is 14.9. The first-order chi connectivity index (χ1) is 16.3. The molecule has 0 bridgehead atoms. The Bertz CT molecular complexity index is 1550. The van der Waals surface area contributed by atoms with Crippen molar-refractivity contribution in [3.63, 3.8) is 0 Å². The quantitative estimate of drug-likeness (QED) is 0.406. The molecule has 10 heteroatoms. The molecule has 0 fully saturated rings. The van der Waals surface area contributed by atoms with Crippen LogP contribution in [0.25, 0.3) is 11.0 Å². The molecule has 1 heterocycles. The fourth-order valence-corrected chi connectivity index (χ4v) is 4.08. The summed E-state index contributed by atoms with van der Waals surface area (Å²) in [6.07, 6.45) is 0. The molecule has 0 atom stereocenters. The lowest BCUT2D eigenvalue weighted by atomic mass is 10.1. The fraction of sp³-hybridized carbons (Fsp3) is 0.0833. The second-order valence-corrected chi connectivity index (χ2v) is 8.94. The molecule has 0 aliphatic carbocycles. The van der Waals surface area contributed by atoms with Crippen LogP contribution in [0.1, 0.15) is 15.9 Å². The van der Waals surface area contributed by atoms with Crippen molar-refractivity contribution in [3.05, 3.63) is 95.3 Å². The number of hydrogen-bond acceptors (Lipinski definition) is 6. The number of benzene rings is 3. The van der Waals surface area contributed by atoms with Gasteiger partial charge in [0, 0.05) is 11.1 Å². The summed E-state index contributed by atoms with van der Waals surface area (Å²) in [6, 6.07) is 18.7. The summed E-state index contributed by atoms with van der Waals surface area (Å²) < 4.78 is 50.2. The SMILES string of the molecule is COc1cccc2cc(C(=O)Nc3ccccc3)/c(=N\NS(=O)(=O)c3ccc(F)c(C)c3)oc12. The van der Waals surface area contributed by atoms with Gasteiger partial charge >= 0.3 is 0 Å². The van der Waals surface area contributed by atoms with E-state index in [9.17, 15) is 17.6 Å². The number of halogens is 1. The van der Waals surface area contributed by atoms with Crippen molar-refractivity contribution in [1.29, 1.82) is 0 Å². The van der Waals surface area contributed by atoms with Crippen molar-refractivity contribution in [3.8, 4) is 5.75 Å². The predicted molar refractivity (Wildman–Crippen MR) is 124 cm³/mol. The van der Waals surface area contributed by atoms with Crippen LogP contribution in [-0.4, -0.2) is 21.4 Å². The van der Waals surface area contributed by atoms with Gasteiger partial charge in [-0.1, -0.05) is 30.3 Å². The second-order valence-electron chi connectivity index (χ2n) is 7.28. The predicted octanol–water partition coefficient (Wildman–Crippen LogP) is 3.94. The summed E-state index contributed by atoms with van der Waals surface area (Å²) >= 11 is 0. The molecule has 4 rings (SSSR count). The average molecular weight is 482 g/mol. The first kappa shape index (κ1) is 23.0. The van der Waals surface area contributed by atoms with Crippen molar-refractivity contribution < 1.29 is 26.8 Å². The Morgan fingerprint density at radius 1 is 1.03 bits per heavy atom. The zero-order valence-electron chi connectivity index (χ0n) is 18.2. The summed E-state index contributed by atoms with van der Waals surface area (Å²) in [6.45, 7) is 1.45. The van der Waals surface area contributed by atoms with Crippen molar-refractivity contribution >= 4 is 32.6 Å². The lowest BCUT2D eigenvalue weighted by molar-refractivity contribution is 0.102. The highest BCUT2D eigenvalue weighted by molar-refractivity contribution is 7.89. The van der Waals surface area contributed by atoms with Crippen LogP contribution in [0.4, 0.5) is 10.1 Å². The number of para-hydroxylation sites is 2. The Morgan fingerprint density at radius 2 is 1.79 bits per heavy atom.